The van der Waals surface area contributed by atoms with Crippen LogP contribution < -0.4 is 11.1 Å². The average molecular weight is 280 g/mol. The first-order chi connectivity index (χ1) is 10.2. The van der Waals surface area contributed by atoms with Gasteiger partial charge in [-0.25, -0.2) is 0 Å². The van der Waals surface area contributed by atoms with Gasteiger partial charge in [-0.15, -0.1) is 0 Å². The van der Waals surface area contributed by atoms with Crippen LogP contribution in [0.15, 0.2) is 30.3 Å². The fourth-order valence-corrected chi connectivity index (χ4v) is 3.44. The van der Waals surface area contributed by atoms with Gasteiger partial charge in [0, 0.05) is 18.2 Å². The first-order valence-corrected chi connectivity index (χ1v) is 7.81. The van der Waals surface area contributed by atoms with E-state index in [1.165, 1.54) is 29.4 Å². The van der Waals surface area contributed by atoms with Gasteiger partial charge in [-0.05, 0) is 59.6 Å². The van der Waals surface area contributed by atoms with Gasteiger partial charge in [-0.1, -0.05) is 24.3 Å². The number of benzene rings is 2. The van der Waals surface area contributed by atoms with Gasteiger partial charge in [0.15, 0.2) is 0 Å². The zero-order chi connectivity index (χ0) is 14.4. The smallest absolute Gasteiger partial charge is 0.251 e. The summed E-state index contributed by atoms with van der Waals surface area (Å²) >= 11 is 0. The summed E-state index contributed by atoms with van der Waals surface area (Å²) in [6, 6.07) is 10.5. The number of rotatable bonds is 4. The number of aryl methyl sites for hydroxylation is 2. The molecule has 2 aliphatic carbocycles. The van der Waals surface area contributed by atoms with Gasteiger partial charge in [-0.3, -0.25) is 4.79 Å². The molecule has 0 heterocycles. The highest BCUT2D eigenvalue weighted by Gasteiger charge is 2.28. The summed E-state index contributed by atoms with van der Waals surface area (Å²) in [7, 11) is 0. The highest BCUT2D eigenvalue weighted by Crippen LogP contribution is 2.33. The van der Waals surface area contributed by atoms with Crippen LogP contribution in [0.3, 0.4) is 0 Å². The van der Waals surface area contributed by atoms with Crippen LogP contribution >= 0.6 is 0 Å². The Morgan fingerprint density at radius 2 is 1.95 bits per heavy atom. The van der Waals surface area contributed by atoms with Gasteiger partial charge in [0.25, 0.3) is 5.91 Å². The lowest BCUT2D eigenvalue weighted by Gasteiger charge is -2.13. The number of carbonyl (C=O) groups excluding carboxylic acids is 1. The number of carbonyl (C=O) groups is 1. The van der Waals surface area contributed by atoms with E-state index in [2.05, 4.69) is 29.6 Å². The number of hydrogen-bond donors (Lipinski definition) is 2. The lowest BCUT2D eigenvalue weighted by Crippen LogP contribution is -2.38. The molecule has 2 aliphatic rings. The van der Waals surface area contributed by atoms with Crippen LogP contribution in [0.25, 0.3) is 10.8 Å². The molecule has 3 N–H and O–H groups in total. The number of amides is 1. The van der Waals surface area contributed by atoms with E-state index in [9.17, 15) is 4.79 Å². The summed E-state index contributed by atoms with van der Waals surface area (Å²) in [5, 5.41) is 5.38. The monoisotopic (exact) mass is 280 g/mol. The molecule has 1 fully saturated rings. The van der Waals surface area contributed by atoms with Crippen molar-refractivity contribution in [2.24, 2.45) is 11.7 Å². The van der Waals surface area contributed by atoms with E-state index in [-0.39, 0.29) is 11.9 Å². The minimum absolute atomic E-state index is 0.00157. The van der Waals surface area contributed by atoms with E-state index < -0.39 is 0 Å². The topological polar surface area (TPSA) is 55.1 Å². The zero-order valence-electron chi connectivity index (χ0n) is 12.1. The second kappa shape index (κ2) is 4.85. The Labute approximate surface area is 124 Å². The van der Waals surface area contributed by atoms with Crippen LogP contribution in [0.1, 0.15) is 34.3 Å². The standard InChI is InChI=1S/C18H20N2O/c19-16(11-4-5-11)10-20-18(21)15-9-8-13-7-6-12-2-1-3-14(15)17(12)13/h1-3,8-9,11,16H,4-7,10,19H2,(H,20,21). The third kappa shape index (κ3) is 2.22. The van der Waals surface area contributed by atoms with Crippen molar-refractivity contribution in [3.63, 3.8) is 0 Å². The summed E-state index contributed by atoms with van der Waals surface area (Å²) in [5.41, 5.74) is 9.57. The maximum atomic E-state index is 12.5. The Morgan fingerprint density at radius 3 is 2.71 bits per heavy atom. The van der Waals surface area contributed by atoms with Gasteiger partial charge in [0.05, 0.1) is 0 Å². The number of nitrogens with one attached hydrogen (secondary N) is 1. The van der Waals surface area contributed by atoms with Gasteiger partial charge in [0.2, 0.25) is 0 Å². The van der Waals surface area contributed by atoms with Gasteiger partial charge in [-0.2, -0.15) is 0 Å². The zero-order valence-corrected chi connectivity index (χ0v) is 12.1. The second-order valence-electron chi connectivity index (χ2n) is 6.32. The molecule has 1 atom stereocenters. The number of hydrogen-bond acceptors (Lipinski definition) is 2. The molecule has 3 heteroatoms. The van der Waals surface area contributed by atoms with Crippen LogP contribution in [-0.2, 0) is 12.8 Å². The predicted molar refractivity (Wildman–Crippen MR) is 84.4 cm³/mol. The van der Waals surface area contributed by atoms with E-state index in [1.54, 1.807) is 0 Å². The van der Waals surface area contributed by atoms with Crippen molar-refractivity contribution >= 4 is 16.7 Å². The third-order valence-corrected chi connectivity index (χ3v) is 4.85. The fraction of sp³-hybridized carbons (Fsp3) is 0.389. The van der Waals surface area contributed by atoms with E-state index in [0.717, 1.165) is 23.8 Å². The Balaban J connectivity index is 1.62. The Bertz CT molecular complexity index is 708. The van der Waals surface area contributed by atoms with E-state index >= 15 is 0 Å². The molecule has 0 radical (unpaired) electrons. The molecule has 108 valence electrons. The largest absolute Gasteiger partial charge is 0.350 e. The molecule has 2 aromatic rings. The summed E-state index contributed by atoms with van der Waals surface area (Å²) < 4.78 is 0. The summed E-state index contributed by atoms with van der Waals surface area (Å²) in [4.78, 5) is 12.5. The maximum Gasteiger partial charge on any atom is 0.251 e. The first kappa shape index (κ1) is 12.8. The summed E-state index contributed by atoms with van der Waals surface area (Å²) in [6.07, 6.45) is 4.59. The molecule has 0 spiro atoms. The third-order valence-electron chi connectivity index (χ3n) is 4.85. The molecular weight excluding hydrogens is 260 g/mol. The molecule has 0 saturated heterocycles. The lowest BCUT2D eigenvalue weighted by atomic mass is 9.99. The second-order valence-corrected chi connectivity index (χ2v) is 6.32. The SMILES string of the molecule is NC(CNC(=O)c1ccc2c3c(cccc13)CC2)C1CC1. The van der Waals surface area contributed by atoms with Crippen LogP contribution in [0.5, 0.6) is 0 Å². The van der Waals surface area contributed by atoms with Gasteiger partial charge in [0.1, 0.15) is 0 Å². The molecule has 1 saturated carbocycles. The minimum atomic E-state index is 0.00157. The average Bonchev–Trinajstić information content (AvgIpc) is 3.28. The minimum Gasteiger partial charge on any atom is -0.350 e. The van der Waals surface area contributed by atoms with E-state index in [4.69, 9.17) is 5.73 Å². The molecule has 3 nitrogen and oxygen atoms in total. The van der Waals surface area contributed by atoms with Crippen molar-refractivity contribution in [3.05, 3.63) is 47.0 Å². The Kier molecular flexibility index (Phi) is 2.96. The number of nitrogens with two attached hydrogens (primary N) is 1. The van der Waals surface area contributed by atoms with Crippen molar-refractivity contribution < 1.29 is 4.79 Å². The van der Waals surface area contributed by atoms with Crippen LogP contribution in [0, 0.1) is 5.92 Å². The highest BCUT2D eigenvalue weighted by atomic mass is 16.1. The highest BCUT2D eigenvalue weighted by molar-refractivity contribution is 6.09. The molecule has 21 heavy (non-hydrogen) atoms. The molecular formula is C18H20N2O. The van der Waals surface area contributed by atoms with Gasteiger partial charge < -0.3 is 11.1 Å². The molecule has 0 aliphatic heterocycles. The fourth-order valence-electron chi connectivity index (χ4n) is 3.44. The molecule has 0 aromatic heterocycles. The van der Waals surface area contributed by atoms with Crippen molar-refractivity contribution in [3.8, 4) is 0 Å². The van der Waals surface area contributed by atoms with Crippen molar-refractivity contribution in [1.82, 2.24) is 5.32 Å². The molecule has 0 bridgehead atoms. The summed E-state index contributed by atoms with van der Waals surface area (Å²) in [5.74, 6) is 0.611. The Morgan fingerprint density at radius 1 is 1.19 bits per heavy atom. The van der Waals surface area contributed by atoms with Crippen LogP contribution in [-0.4, -0.2) is 18.5 Å². The normalized spacial score (nSPS) is 18.0. The van der Waals surface area contributed by atoms with Crippen molar-refractivity contribution in [1.29, 1.82) is 0 Å². The lowest BCUT2D eigenvalue weighted by molar-refractivity contribution is 0.0952. The Hall–Kier alpha value is -1.87. The predicted octanol–water partition coefficient (Wildman–Crippen LogP) is 2.41. The van der Waals surface area contributed by atoms with Crippen LogP contribution in [0.2, 0.25) is 0 Å². The molecule has 1 amide bonds. The van der Waals surface area contributed by atoms with Crippen molar-refractivity contribution in [2.45, 2.75) is 31.7 Å². The van der Waals surface area contributed by atoms with E-state index in [1.807, 2.05) is 6.07 Å². The van der Waals surface area contributed by atoms with Crippen molar-refractivity contribution in [2.75, 3.05) is 6.54 Å². The molecule has 4 rings (SSSR count). The van der Waals surface area contributed by atoms with Crippen LogP contribution in [0.4, 0.5) is 0 Å². The van der Waals surface area contributed by atoms with Gasteiger partial charge >= 0.3 is 0 Å². The summed E-state index contributed by atoms with van der Waals surface area (Å²) in [6.45, 7) is 0.576. The van der Waals surface area contributed by atoms with E-state index in [0.29, 0.717) is 12.5 Å². The first-order valence-electron chi connectivity index (χ1n) is 7.81. The quantitative estimate of drug-likeness (QED) is 0.903. The maximum absolute atomic E-state index is 12.5. The molecule has 2 aromatic carbocycles. The molecule has 1 unspecified atom stereocenters.